The second-order valence-electron chi connectivity index (χ2n) is 6.02. The van der Waals surface area contributed by atoms with Crippen molar-refractivity contribution in [2.75, 3.05) is 20.6 Å². The van der Waals surface area contributed by atoms with E-state index in [-0.39, 0.29) is 5.97 Å². The Labute approximate surface area is 146 Å². The van der Waals surface area contributed by atoms with Gasteiger partial charge in [-0.05, 0) is 55.7 Å². The van der Waals surface area contributed by atoms with Crippen molar-refractivity contribution in [1.29, 1.82) is 0 Å². The van der Waals surface area contributed by atoms with E-state index in [1.165, 1.54) is 17.4 Å². The summed E-state index contributed by atoms with van der Waals surface area (Å²) in [5, 5.41) is 2.09. The summed E-state index contributed by atoms with van der Waals surface area (Å²) in [6, 6.07) is 7.66. The molecule has 0 atom stereocenters. The first-order valence-electron chi connectivity index (χ1n) is 7.92. The summed E-state index contributed by atoms with van der Waals surface area (Å²) in [6.45, 7) is 2.95. The molecule has 1 aliphatic rings. The Kier molecular flexibility index (Phi) is 5.02. The van der Waals surface area contributed by atoms with Gasteiger partial charge in [-0.1, -0.05) is 6.08 Å². The number of thiophene rings is 1. The second kappa shape index (κ2) is 7.20. The maximum Gasteiger partial charge on any atom is 0.308 e. The number of fused-ring (bicyclic) bond motifs is 2. The number of benzene rings is 1. The highest BCUT2D eigenvalue weighted by Gasteiger charge is 2.21. The molecule has 5 heteroatoms. The van der Waals surface area contributed by atoms with Gasteiger partial charge >= 0.3 is 5.97 Å². The quantitative estimate of drug-likeness (QED) is 0.622. The van der Waals surface area contributed by atoms with E-state index in [1.807, 2.05) is 12.1 Å². The van der Waals surface area contributed by atoms with E-state index < -0.39 is 0 Å². The zero-order chi connectivity index (χ0) is 17.1. The fraction of sp³-hybridized carbons (Fsp3) is 0.316. The van der Waals surface area contributed by atoms with Gasteiger partial charge in [0.15, 0.2) is 0 Å². The van der Waals surface area contributed by atoms with E-state index in [2.05, 4.69) is 36.5 Å². The summed E-state index contributed by atoms with van der Waals surface area (Å²) in [5.74, 6) is 1.05. The van der Waals surface area contributed by atoms with Crippen LogP contribution in [-0.4, -0.2) is 31.5 Å². The van der Waals surface area contributed by atoms with Crippen molar-refractivity contribution in [3.63, 3.8) is 0 Å². The summed E-state index contributed by atoms with van der Waals surface area (Å²) in [4.78, 5) is 14.7. The van der Waals surface area contributed by atoms with E-state index in [0.29, 0.717) is 12.4 Å². The van der Waals surface area contributed by atoms with Crippen molar-refractivity contribution < 1.29 is 14.3 Å². The molecule has 4 nitrogen and oxygen atoms in total. The van der Waals surface area contributed by atoms with Gasteiger partial charge in [0, 0.05) is 29.5 Å². The maximum absolute atomic E-state index is 11.3. The molecule has 0 unspecified atom stereocenters. The molecule has 0 saturated carbocycles. The highest BCUT2D eigenvalue weighted by molar-refractivity contribution is 7.11. The lowest BCUT2D eigenvalue weighted by atomic mass is 10.00. The molecule has 0 fully saturated rings. The van der Waals surface area contributed by atoms with Crippen molar-refractivity contribution in [3.8, 4) is 11.5 Å². The standard InChI is InChI=1S/C19H21NO3S/c1-13(21)23-15-6-7-18-17(11-15)16(5-4-9-20(2)3)19-14(12-22-18)8-10-24-19/h5-8,10-11H,4,9,12H2,1-3H3/b16-5+. The molecule has 0 N–H and O–H groups in total. The highest BCUT2D eigenvalue weighted by atomic mass is 32.1. The lowest BCUT2D eigenvalue weighted by Gasteiger charge is -2.12. The number of esters is 1. The average molecular weight is 343 g/mol. The van der Waals surface area contributed by atoms with Crippen LogP contribution in [0.5, 0.6) is 11.5 Å². The molecule has 1 aromatic carbocycles. The van der Waals surface area contributed by atoms with Crippen molar-refractivity contribution in [3.05, 3.63) is 51.7 Å². The summed E-state index contributed by atoms with van der Waals surface area (Å²) in [5.41, 5.74) is 3.33. The van der Waals surface area contributed by atoms with Crippen LogP contribution in [0.15, 0.2) is 35.7 Å². The van der Waals surface area contributed by atoms with Crippen LogP contribution in [0.3, 0.4) is 0 Å². The lowest BCUT2D eigenvalue weighted by molar-refractivity contribution is -0.131. The Bertz CT molecular complexity index is 777. The van der Waals surface area contributed by atoms with E-state index in [1.54, 1.807) is 17.4 Å². The molecule has 1 aliphatic heterocycles. The smallest absolute Gasteiger partial charge is 0.308 e. The van der Waals surface area contributed by atoms with Crippen LogP contribution < -0.4 is 9.47 Å². The van der Waals surface area contributed by atoms with Gasteiger partial charge in [0.25, 0.3) is 0 Å². The molecule has 0 radical (unpaired) electrons. The SMILES string of the molecule is CC(=O)Oc1ccc2c(c1)/C(=C\CCN(C)C)c1sccc1CO2. The third-order valence-electron chi connectivity index (χ3n) is 3.80. The Hall–Kier alpha value is -2.11. The molecule has 1 aromatic heterocycles. The van der Waals surface area contributed by atoms with Gasteiger partial charge in [0.2, 0.25) is 0 Å². The van der Waals surface area contributed by atoms with Crippen LogP contribution >= 0.6 is 11.3 Å². The van der Waals surface area contributed by atoms with Gasteiger partial charge in [-0.3, -0.25) is 4.79 Å². The van der Waals surface area contributed by atoms with Crippen LogP contribution in [0.25, 0.3) is 5.57 Å². The van der Waals surface area contributed by atoms with Gasteiger partial charge in [0.05, 0.1) is 0 Å². The van der Waals surface area contributed by atoms with Gasteiger partial charge in [0.1, 0.15) is 18.1 Å². The number of carbonyl (C=O) groups excluding carboxylic acids is 1. The monoisotopic (exact) mass is 343 g/mol. The van der Waals surface area contributed by atoms with Gasteiger partial charge in [-0.2, -0.15) is 0 Å². The number of rotatable bonds is 4. The van der Waals surface area contributed by atoms with E-state index >= 15 is 0 Å². The van der Waals surface area contributed by atoms with Crippen molar-refractivity contribution in [1.82, 2.24) is 4.90 Å². The summed E-state index contributed by atoms with van der Waals surface area (Å²) < 4.78 is 11.2. The predicted octanol–water partition coefficient (Wildman–Crippen LogP) is 3.95. The molecule has 0 spiro atoms. The Morgan fingerprint density at radius 1 is 1.38 bits per heavy atom. The minimum atomic E-state index is -0.320. The van der Waals surface area contributed by atoms with E-state index in [9.17, 15) is 4.79 Å². The van der Waals surface area contributed by atoms with Crippen molar-refractivity contribution in [2.24, 2.45) is 0 Å². The number of hydrogen-bond donors (Lipinski definition) is 0. The van der Waals surface area contributed by atoms with Crippen molar-refractivity contribution >= 4 is 22.9 Å². The molecule has 0 saturated heterocycles. The van der Waals surface area contributed by atoms with Crippen LogP contribution in [0.2, 0.25) is 0 Å². The summed E-state index contributed by atoms with van der Waals surface area (Å²) in [6.07, 6.45) is 3.19. The first kappa shape index (κ1) is 16.7. The zero-order valence-electron chi connectivity index (χ0n) is 14.2. The molecule has 0 bridgehead atoms. The highest BCUT2D eigenvalue weighted by Crippen LogP contribution is 2.41. The third-order valence-corrected chi connectivity index (χ3v) is 4.79. The fourth-order valence-electron chi connectivity index (χ4n) is 2.71. The predicted molar refractivity (Wildman–Crippen MR) is 96.7 cm³/mol. The molecular weight excluding hydrogens is 322 g/mol. The molecular formula is C19H21NO3S. The Balaban J connectivity index is 2.04. The number of carbonyl (C=O) groups is 1. The third kappa shape index (κ3) is 3.68. The van der Waals surface area contributed by atoms with Gasteiger partial charge < -0.3 is 14.4 Å². The first-order chi connectivity index (χ1) is 11.5. The first-order valence-corrected chi connectivity index (χ1v) is 8.80. The lowest BCUT2D eigenvalue weighted by Crippen LogP contribution is -2.12. The largest absolute Gasteiger partial charge is 0.488 e. The average Bonchev–Trinajstić information content (AvgIpc) is 2.92. The Morgan fingerprint density at radius 3 is 2.96 bits per heavy atom. The maximum atomic E-state index is 11.3. The second-order valence-corrected chi connectivity index (χ2v) is 6.94. The number of hydrogen-bond acceptors (Lipinski definition) is 5. The van der Waals surface area contributed by atoms with E-state index in [0.717, 1.165) is 29.9 Å². The zero-order valence-corrected chi connectivity index (χ0v) is 15.0. The minimum absolute atomic E-state index is 0.320. The minimum Gasteiger partial charge on any atom is -0.488 e. The summed E-state index contributed by atoms with van der Waals surface area (Å²) >= 11 is 1.72. The van der Waals surface area contributed by atoms with Crippen LogP contribution in [-0.2, 0) is 11.4 Å². The molecule has 2 aromatic rings. The van der Waals surface area contributed by atoms with Gasteiger partial charge in [-0.25, -0.2) is 0 Å². The van der Waals surface area contributed by atoms with Crippen LogP contribution in [0, 0.1) is 0 Å². The molecule has 0 amide bonds. The molecule has 126 valence electrons. The molecule has 3 rings (SSSR count). The molecule has 0 aliphatic carbocycles. The number of ether oxygens (including phenoxy) is 2. The van der Waals surface area contributed by atoms with Crippen LogP contribution in [0.4, 0.5) is 0 Å². The normalized spacial score (nSPS) is 14.8. The Morgan fingerprint density at radius 2 is 2.21 bits per heavy atom. The topological polar surface area (TPSA) is 38.8 Å². The fourth-order valence-corrected chi connectivity index (χ4v) is 3.68. The van der Waals surface area contributed by atoms with Crippen LogP contribution in [0.1, 0.15) is 29.3 Å². The molecule has 24 heavy (non-hydrogen) atoms. The number of nitrogens with zero attached hydrogens (tertiary/aromatic N) is 1. The van der Waals surface area contributed by atoms with Gasteiger partial charge in [-0.15, -0.1) is 11.3 Å². The molecule has 2 heterocycles. The van der Waals surface area contributed by atoms with E-state index in [4.69, 9.17) is 9.47 Å². The van der Waals surface area contributed by atoms with Crippen molar-refractivity contribution in [2.45, 2.75) is 20.0 Å². The summed E-state index contributed by atoms with van der Waals surface area (Å²) in [7, 11) is 4.13.